The van der Waals surface area contributed by atoms with E-state index in [-0.39, 0.29) is 18.1 Å². The van der Waals surface area contributed by atoms with Gasteiger partial charge in [0, 0.05) is 12.7 Å². The van der Waals surface area contributed by atoms with Crippen molar-refractivity contribution in [2.75, 3.05) is 18.1 Å². The molecule has 0 fully saturated rings. The van der Waals surface area contributed by atoms with Gasteiger partial charge < -0.3 is 9.72 Å². The Kier molecular flexibility index (Phi) is 5.61. The van der Waals surface area contributed by atoms with Crippen LogP contribution >= 0.6 is 0 Å². The van der Waals surface area contributed by atoms with Gasteiger partial charge in [0.05, 0.1) is 5.56 Å². The van der Waals surface area contributed by atoms with Crippen LogP contribution in [0, 0.1) is 0 Å². The van der Waals surface area contributed by atoms with Gasteiger partial charge in [-0.15, -0.1) is 0 Å². The molecule has 0 bridgehead atoms. The molecule has 3 heterocycles. The number of hydrogen-bond donors (Lipinski definition) is 1. The highest BCUT2D eigenvalue weighted by molar-refractivity contribution is 5.94. The summed E-state index contributed by atoms with van der Waals surface area (Å²) in [6, 6.07) is 5.33. The first-order valence-electron chi connectivity index (χ1n) is 8.57. The molecule has 0 aliphatic carbocycles. The molecule has 2 aromatic rings. The Bertz CT molecular complexity index is 947. The fraction of sp³-hybridized carbons (Fsp3) is 0.200. The Hall–Kier alpha value is -3.48. The van der Waals surface area contributed by atoms with Crippen molar-refractivity contribution < 1.29 is 9.53 Å². The topological polar surface area (TPSA) is 88.2 Å². The Morgan fingerprint density at radius 3 is 2.93 bits per heavy atom. The maximum absolute atomic E-state index is 12.7. The average molecular weight is 364 g/mol. The van der Waals surface area contributed by atoms with E-state index in [0.29, 0.717) is 48.0 Å². The van der Waals surface area contributed by atoms with E-state index in [1.54, 1.807) is 36.5 Å². The summed E-state index contributed by atoms with van der Waals surface area (Å²) in [6.45, 7) is 7.51. The van der Waals surface area contributed by atoms with Crippen molar-refractivity contribution in [1.82, 2.24) is 15.0 Å². The summed E-state index contributed by atoms with van der Waals surface area (Å²) in [5.74, 6) is 0.867. The number of H-pyrrole nitrogens is 1. The van der Waals surface area contributed by atoms with E-state index in [4.69, 9.17) is 4.74 Å². The predicted molar refractivity (Wildman–Crippen MR) is 103 cm³/mol. The van der Waals surface area contributed by atoms with E-state index >= 15 is 0 Å². The van der Waals surface area contributed by atoms with Crippen molar-refractivity contribution in [3.05, 3.63) is 77.5 Å². The van der Waals surface area contributed by atoms with E-state index < -0.39 is 0 Å². The summed E-state index contributed by atoms with van der Waals surface area (Å²) in [5, 5.41) is 0. The van der Waals surface area contributed by atoms with Crippen LogP contribution in [-0.2, 0) is 16.0 Å². The smallest absolute Gasteiger partial charge is 0.266 e. The number of aromatic nitrogens is 3. The van der Waals surface area contributed by atoms with Gasteiger partial charge in [0.1, 0.15) is 17.3 Å². The molecule has 0 spiro atoms. The number of carbonyl (C=O) groups is 1. The van der Waals surface area contributed by atoms with E-state index in [1.165, 1.54) is 11.0 Å². The quantitative estimate of drug-likeness (QED) is 0.628. The maximum Gasteiger partial charge on any atom is 0.266 e. The predicted octanol–water partition coefficient (Wildman–Crippen LogP) is 2.38. The first-order valence-corrected chi connectivity index (χ1v) is 8.57. The number of hydrogen-bond acceptors (Lipinski definition) is 5. The number of fused-ring (bicyclic) bond motifs is 1. The SMILES string of the molecule is C=C/C=C(\C=C)OCC(=O)N1CCCc2c1nc(-c1ccccn1)[nH]c2=O. The van der Waals surface area contributed by atoms with Crippen LogP contribution in [0.5, 0.6) is 0 Å². The van der Waals surface area contributed by atoms with Gasteiger partial charge in [0.15, 0.2) is 12.4 Å². The first-order chi connectivity index (χ1) is 13.1. The van der Waals surface area contributed by atoms with E-state index in [1.807, 2.05) is 0 Å². The number of amides is 1. The Morgan fingerprint density at radius 2 is 2.22 bits per heavy atom. The van der Waals surface area contributed by atoms with E-state index in [2.05, 4.69) is 28.1 Å². The highest BCUT2D eigenvalue weighted by Crippen LogP contribution is 2.24. The first kappa shape index (κ1) is 18.3. The second-order valence-electron chi connectivity index (χ2n) is 5.88. The standard InChI is InChI=1S/C20H20N4O3/c1-3-8-14(4-2)27-13-17(25)24-12-7-9-15-19(24)22-18(23-20(15)26)16-10-5-6-11-21-16/h3-6,8,10-11H,1-2,7,9,12-13H2,(H,22,23,26)/b14-8+. The fourth-order valence-electron chi connectivity index (χ4n) is 2.84. The molecule has 1 aliphatic rings. The zero-order valence-electron chi connectivity index (χ0n) is 14.9. The summed E-state index contributed by atoms with van der Waals surface area (Å²) < 4.78 is 5.46. The lowest BCUT2D eigenvalue weighted by Crippen LogP contribution is -2.40. The van der Waals surface area contributed by atoms with Crippen LogP contribution < -0.4 is 10.5 Å². The number of rotatable bonds is 6. The molecular formula is C20H20N4O3. The molecule has 1 N–H and O–H groups in total. The van der Waals surface area contributed by atoms with E-state index in [9.17, 15) is 9.59 Å². The fourth-order valence-corrected chi connectivity index (χ4v) is 2.84. The number of anilines is 1. The molecule has 1 aliphatic heterocycles. The largest absolute Gasteiger partial charge is 0.484 e. The van der Waals surface area contributed by atoms with Crippen LogP contribution in [0.2, 0.25) is 0 Å². The average Bonchev–Trinajstić information content (AvgIpc) is 2.71. The molecule has 0 aromatic carbocycles. The minimum absolute atomic E-state index is 0.182. The van der Waals surface area contributed by atoms with Crippen LogP contribution in [-0.4, -0.2) is 34.0 Å². The van der Waals surface area contributed by atoms with Crippen LogP contribution in [0.4, 0.5) is 5.82 Å². The number of pyridine rings is 1. The lowest BCUT2D eigenvalue weighted by atomic mass is 10.1. The van der Waals surface area contributed by atoms with Crippen molar-refractivity contribution in [1.29, 1.82) is 0 Å². The number of allylic oxidation sites excluding steroid dienone is 3. The third-order valence-electron chi connectivity index (χ3n) is 4.11. The third-order valence-corrected chi connectivity index (χ3v) is 4.11. The van der Waals surface area contributed by atoms with Crippen LogP contribution in [0.15, 0.2) is 66.3 Å². The lowest BCUT2D eigenvalue weighted by molar-refractivity contribution is -0.121. The third kappa shape index (κ3) is 4.03. The molecule has 0 radical (unpaired) electrons. The molecule has 0 unspecified atom stereocenters. The number of ether oxygens (including phenoxy) is 1. The second-order valence-corrected chi connectivity index (χ2v) is 5.88. The molecule has 1 amide bonds. The molecule has 7 heteroatoms. The van der Waals surface area contributed by atoms with Crippen molar-refractivity contribution in [3.63, 3.8) is 0 Å². The van der Waals surface area contributed by atoms with Gasteiger partial charge in [-0.25, -0.2) is 4.98 Å². The molecule has 2 aromatic heterocycles. The molecule has 0 saturated carbocycles. The number of nitrogens with zero attached hydrogens (tertiary/aromatic N) is 3. The summed E-state index contributed by atoms with van der Waals surface area (Å²) in [6.07, 6.45) is 7.54. The van der Waals surface area contributed by atoms with Crippen molar-refractivity contribution in [2.24, 2.45) is 0 Å². The summed E-state index contributed by atoms with van der Waals surface area (Å²) in [5.41, 5.74) is 0.784. The Labute approximate surface area is 156 Å². The van der Waals surface area contributed by atoms with Gasteiger partial charge in [-0.2, -0.15) is 0 Å². The second kappa shape index (κ2) is 8.27. The summed E-state index contributed by atoms with van der Waals surface area (Å²) in [4.78, 5) is 38.2. The van der Waals surface area contributed by atoms with Crippen molar-refractivity contribution in [2.45, 2.75) is 12.8 Å². The van der Waals surface area contributed by atoms with Gasteiger partial charge >= 0.3 is 0 Å². The number of aromatic amines is 1. The van der Waals surface area contributed by atoms with Crippen LogP contribution in [0.25, 0.3) is 11.5 Å². The summed E-state index contributed by atoms with van der Waals surface area (Å²) >= 11 is 0. The van der Waals surface area contributed by atoms with Gasteiger partial charge in [0.2, 0.25) is 0 Å². The minimum Gasteiger partial charge on any atom is -0.484 e. The molecule has 3 rings (SSSR count). The van der Waals surface area contributed by atoms with Gasteiger partial charge in [-0.05, 0) is 37.1 Å². The molecule has 27 heavy (non-hydrogen) atoms. The number of nitrogens with one attached hydrogen (secondary N) is 1. The zero-order chi connectivity index (χ0) is 19.2. The molecule has 0 saturated heterocycles. The minimum atomic E-state index is -0.280. The van der Waals surface area contributed by atoms with Gasteiger partial charge in [-0.1, -0.05) is 25.3 Å². The monoisotopic (exact) mass is 364 g/mol. The highest BCUT2D eigenvalue weighted by Gasteiger charge is 2.27. The molecule has 7 nitrogen and oxygen atoms in total. The summed E-state index contributed by atoms with van der Waals surface area (Å²) in [7, 11) is 0. The Morgan fingerprint density at radius 1 is 1.37 bits per heavy atom. The highest BCUT2D eigenvalue weighted by atomic mass is 16.5. The molecule has 138 valence electrons. The maximum atomic E-state index is 12.7. The van der Waals surface area contributed by atoms with Gasteiger partial charge in [-0.3, -0.25) is 19.5 Å². The zero-order valence-corrected chi connectivity index (χ0v) is 14.9. The molecule has 0 atom stereocenters. The normalized spacial score (nSPS) is 13.6. The number of carbonyl (C=O) groups excluding carboxylic acids is 1. The van der Waals surface area contributed by atoms with Crippen molar-refractivity contribution in [3.8, 4) is 11.5 Å². The van der Waals surface area contributed by atoms with Crippen molar-refractivity contribution >= 4 is 11.7 Å². The van der Waals surface area contributed by atoms with E-state index in [0.717, 1.165) is 0 Å². The van der Waals surface area contributed by atoms with Crippen LogP contribution in [0.3, 0.4) is 0 Å². The Balaban J connectivity index is 1.90. The lowest BCUT2D eigenvalue weighted by Gasteiger charge is -2.28. The van der Waals surface area contributed by atoms with Crippen LogP contribution in [0.1, 0.15) is 12.0 Å². The molecular weight excluding hydrogens is 344 g/mol. The van der Waals surface area contributed by atoms with Gasteiger partial charge in [0.25, 0.3) is 11.5 Å².